The summed E-state index contributed by atoms with van der Waals surface area (Å²) in [6.45, 7) is 0. The molecule has 1 spiro atoms. The molecular formula is C15H17NOS. The second-order valence-electron chi connectivity index (χ2n) is 5.03. The van der Waals surface area contributed by atoms with E-state index in [1.54, 1.807) is 11.8 Å². The number of amides is 1. The van der Waals surface area contributed by atoms with Crippen LogP contribution in [0.15, 0.2) is 35.2 Å². The molecule has 1 aromatic carbocycles. The number of nitrogens with one attached hydrogen (secondary N) is 1. The number of carbonyl (C=O) groups is 1. The van der Waals surface area contributed by atoms with Crippen molar-refractivity contribution < 1.29 is 4.79 Å². The highest BCUT2D eigenvalue weighted by Gasteiger charge is 2.42. The minimum atomic E-state index is -0.00402. The number of hydrogen-bond donors (Lipinski definition) is 1. The van der Waals surface area contributed by atoms with E-state index >= 15 is 0 Å². The molecule has 3 heteroatoms. The fourth-order valence-corrected chi connectivity index (χ4v) is 4.09. The molecule has 2 nitrogen and oxygen atoms in total. The molecular weight excluding hydrogens is 242 g/mol. The zero-order valence-corrected chi connectivity index (χ0v) is 11.1. The number of carbonyl (C=O) groups excluding carboxylic acids is 1. The van der Waals surface area contributed by atoms with Crippen LogP contribution in [-0.4, -0.2) is 10.8 Å². The summed E-state index contributed by atoms with van der Waals surface area (Å²) in [5, 5.41) is 3.20. The molecule has 0 aromatic heterocycles. The Morgan fingerprint density at radius 3 is 2.56 bits per heavy atom. The number of hydrogen-bond acceptors (Lipinski definition) is 2. The summed E-state index contributed by atoms with van der Waals surface area (Å²) in [7, 11) is 0. The first-order chi connectivity index (χ1) is 8.77. The van der Waals surface area contributed by atoms with Crippen molar-refractivity contribution in [3.8, 4) is 0 Å². The second kappa shape index (κ2) is 4.81. The van der Waals surface area contributed by atoms with E-state index in [4.69, 9.17) is 0 Å². The third-order valence-corrected chi connectivity index (χ3v) is 5.05. The molecule has 1 saturated carbocycles. The fourth-order valence-electron chi connectivity index (χ4n) is 2.70. The highest BCUT2D eigenvalue weighted by Crippen LogP contribution is 2.46. The van der Waals surface area contributed by atoms with E-state index in [0.29, 0.717) is 0 Å². The molecule has 94 valence electrons. The van der Waals surface area contributed by atoms with Crippen molar-refractivity contribution >= 4 is 23.7 Å². The van der Waals surface area contributed by atoms with Gasteiger partial charge in [0.25, 0.3) is 5.91 Å². The van der Waals surface area contributed by atoms with Gasteiger partial charge in [-0.1, -0.05) is 61.4 Å². The smallest absolute Gasteiger partial charge is 0.258 e. The van der Waals surface area contributed by atoms with E-state index in [2.05, 4.69) is 5.32 Å². The normalized spacial score (nSPS) is 24.4. The maximum Gasteiger partial charge on any atom is 0.258 e. The average Bonchev–Trinajstić information content (AvgIpc) is 2.68. The zero-order chi connectivity index (χ0) is 12.4. The van der Waals surface area contributed by atoms with Crippen molar-refractivity contribution in [2.45, 2.75) is 37.0 Å². The minimum Gasteiger partial charge on any atom is -0.337 e. The van der Waals surface area contributed by atoms with E-state index in [0.717, 1.165) is 23.3 Å². The first-order valence-electron chi connectivity index (χ1n) is 6.56. The molecule has 0 unspecified atom stereocenters. The molecule has 1 aliphatic heterocycles. The minimum absolute atomic E-state index is 0.00402. The molecule has 1 aliphatic carbocycles. The Morgan fingerprint density at radius 2 is 1.83 bits per heavy atom. The highest BCUT2D eigenvalue weighted by molar-refractivity contribution is 8.06. The van der Waals surface area contributed by atoms with E-state index < -0.39 is 0 Å². The Bertz CT molecular complexity index is 475. The van der Waals surface area contributed by atoms with Crippen LogP contribution in [0.5, 0.6) is 0 Å². The van der Waals surface area contributed by atoms with Gasteiger partial charge >= 0.3 is 0 Å². The molecule has 2 fully saturated rings. The maximum atomic E-state index is 12.1. The number of rotatable bonds is 1. The SMILES string of the molecule is O=C1NC2(CCCCC2)SC1=Cc1ccccc1. The van der Waals surface area contributed by atoms with Gasteiger partial charge < -0.3 is 5.32 Å². The molecule has 2 aliphatic rings. The predicted molar refractivity (Wildman–Crippen MR) is 76.0 cm³/mol. The van der Waals surface area contributed by atoms with Gasteiger partial charge in [0.1, 0.15) is 0 Å². The summed E-state index contributed by atoms with van der Waals surface area (Å²) in [4.78, 5) is 12.9. The molecule has 18 heavy (non-hydrogen) atoms. The lowest BCUT2D eigenvalue weighted by Gasteiger charge is -2.31. The van der Waals surface area contributed by atoms with Gasteiger partial charge in [-0.2, -0.15) is 0 Å². The molecule has 1 amide bonds. The molecule has 0 atom stereocenters. The standard InChI is InChI=1S/C15H17NOS/c17-14-13(11-12-7-3-1-4-8-12)18-15(16-14)9-5-2-6-10-15/h1,3-4,7-8,11H,2,5-6,9-10H2,(H,16,17). The summed E-state index contributed by atoms with van der Waals surface area (Å²) in [6, 6.07) is 10.1. The Balaban J connectivity index is 1.82. The van der Waals surface area contributed by atoms with E-state index in [-0.39, 0.29) is 10.8 Å². The van der Waals surface area contributed by atoms with Gasteiger partial charge in [0.2, 0.25) is 0 Å². The summed E-state index contributed by atoms with van der Waals surface area (Å²) in [6.07, 6.45) is 7.97. The third-order valence-electron chi connectivity index (χ3n) is 3.63. The fraction of sp³-hybridized carbons (Fsp3) is 0.400. The lowest BCUT2D eigenvalue weighted by Crippen LogP contribution is -2.40. The van der Waals surface area contributed by atoms with Crippen LogP contribution in [0.1, 0.15) is 37.7 Å². The van der Waals surface area contributed by atoms with Crippen LogP contribution in [0.2, 0.25) is 0 Å². The van der Waals surface area contributed by atoms with Crippen molar-refractivity contribution in [1.82, 2.24) is 5.32 Å². The van der Waals surface area contributed by atoms with Crippen molar-refractivity contribution in [3.63, 3.8) is 0 Å². The largest absolute Gasteiger partial charge is 0.337 e. The van der Waals surface area contributed by atoms with Crippen LogP contribution in [0, 0.1) is 0 Å². The van der Waals surface area contributed by atoms with Crippen LogP contribution in [-0.2, 0) is 4.79 Å². The summed E-state index contributed by atoms with van der Waals surface area (Å²) in [5.74, 6) is 0.103. The van der Waals surface area contributed by atoms with Gasteiger partial charge in [0.15, 0.2) is 0 Å². The van der Waals surface area contributed by atoms with Crippen molar-refractivity contribution in [2.24, 2.45) is 0 Å². The van der Waals surface area contributed by atoms with E-state index in [1.807, 2.05) is 36.4 Å². The summed E-state index contributed by atoms with van der Waals surface area (Å²) < 4.78 is 0. The van der Waals surface area contributed by atoms with Crippen molar-refractivity contribution in [3.05, 3.63) is 40.8 Å². The number of benzene rings is 1. The topological polar surface area (TPSA) is 29.1 Å². The molecule has 3 rings (SSSR count). The lowest BCUT2D eigenvalue weighted by atomic mass is 9.95. The quantitative estimate of drug-likeness (QED) is 0.781. The Hall–Kier alpha value is -1.22. The second-order valence-corrected chi connectivity index (χ2v) is 6.46. The molecule has 1 N–H and O–H groups in total. The predicted octanol–water partition coefficient (Wildman–Crippen LogP) is 3.55. The van der Waals surface area contributed by atoms with Crippen molar-refractivity contribution in [1.29, 1.82) is 0 Å². The van der Waals surface area contributed by atoms with Crippen molar-refractivity contribution in [2.75, 3.05) is 0 Å². The Morgan fingerprint density at radius 1 is 1.11 bits per heavy atom. The van der Waals surface area contributed by atoms with Gasteiger partial charge in [-0.05, 0) is 24.5 Å². The molecule has 1 aromatic rings. The third kappa shape index (κ3) is 2.32. The molecule has 0 radical (unpaired) electrons. The van der Waals surface area contributed by atoms with E-state index in [9.17, 15) is 4.79 Å². The van der Waals surface area contributed by atoms with Gasteiger partial charge in [-0.3, -0.25) is 4.79 Å². The first kappa shape index (κ1) is 11.8. The van der Waals surface area contributed by atoms with Crippen LogP contribution < -0.4 is 5.32 Å². The van der Waals surface area contributed by atoms with Crippen LogP contribution in [0.25, 0.3) is 6.08 Å². The Kier molecular flexibility index (Phi) is 3.16. The summed E-state index contributed by atoms with van der Waals surface area (Å²) in [5.41, 5.74) is 1.10. The van der Waals surface area contributed by atoms with Gasteiger partial charge in [0, 0.05) is 0 Å². The number of thioether (sulfide) groups is 1. The van der Waals surface area contributed by atoms with Gasteiger partial charge in [-0.15, -0.1) is 0 Å². The zero-order valence-electron chi connectivity index (χ0n) is 10.3. The molecule has 1 heterocycles. The van der Waals surface area contributed by atoms with Crippen LogP contribution in [0.4, 0.5) is 0 Å². The summed E-state index contributed by atoms with van der Waals surface area (Å²) >= 11 is 1.74. The Labute approximate surface area is 112 Å². The first-order valence-corrected chi connectivity index (χ1v) is 7.37. The van der Waals surface area contributed by atoms with Gasteiger partial charge in [-0.25, -0.2) is 0 Å². The molecule has 1 saturated heterocycles. The highest BCUT2D eigenvalue weighted by atomic mass is 32.2. The monoisotopic (exact) mass is 259 g/mol. The molecule has 0 bridgehead atoms. The average molecular weight is 259 g/mol. The van der Waals surface area contributed by atoms with Gasteiger partial charge in [0.05, 0.1) is 9.78 Å². The van der Waals surface area contributed by atoms with E-state index in [1.165, 1.54) is 19.3 Å². The maximum absolute atomic E-state index is 12.1. The lowest BCUT2D eigenvalue weighted by molar-refractivity contribution is -0.117. The van der Waals surface area contributed by atoms with Crippen LogP contribution >= 0.6 is 11.8 Å². The van der Waals surface area contributed by atoms with Crippen LogP contribution in [0.3, 0.4) is 0 Å².